The van der Waals surface area contributed by atoms with Crippen molar-refractivity contribution in [3.8, 4) is 22.7 Å². The first kappa shape index (κ1) is 20.7. The number of rotatable bonds is 7. The summed E-state index contributed by atoms with van der Waals surface area (Å²) >= 11 is 1.39. The SMILES string of the molecule is COc1cccc(-c2nn(-c3ccccc3)cc2C(=O)Nc2nnc(CC(C)C)s2)c1. The van der Waals surface area contributed by atoms with Gasteiger partial charge in [-0.25, -0.2) is 4.68 Å². The Hall–Kier alpha value is -3.52. The third kappa shape index (κ3) is 4.80. The van der Waals surface area contributed by atoms with E-state index in [1.165, 1.54) is 11.3 Å². The van der Waals surface area contributed by atoms with E-state index in [-0.39, 0.29) is 5.91 Å². The van der Waals surface area contributed by atoms with Gasteiger partial charge in [-0.1, -0.05) is 55.5 Å². The first-order valence-electron chi connectivity index (χ1n) is 9.96. The zero-order chi connectivity index (χ0) is 21.8. The lowest BCUT2D eigenvalue weighted by Crippen LogP contribution is -2.12. The number of anilines is 1. The highest BCUT2D eigenvalue weighted by Crippen LogP contribution is 2.28. The zero-order valence-corrected chi connectivity index (χ0v) is 18.4. The van der Waals surface area contributed by atoms with Crippen molar-refractivity contribution in [2.75, 3.05) is 12.4 Å². The smallest absolute Gasteiger partial charge is 0.261 e. The lowest BCUT2D eigenvalue weighted by atomic mass is 10.1. The van der Waals surface area contributed by atoms with Crippen LogP contribution in [0.15, 0.2) is 60.8 Å². The van der Waals surface area contributed by atoms with Gasteiger partial charge < -0.3 is 4.74 Å². The Kier molecular flexibility index (Phi) is 6.08. The van der Waals surface area contributed by atoms with Gasteiger partial charge in [-0.05, 0) is 30.2 Å². The summed E-state index contributed by atoms with van der Waals surface area (Å²) in [6, 6.07) is 17.2. The van der Waals surface area contributed by atoms with Crippen molar-refractivity contribution in [3.63, 3.8) is 0 Å². The zero-order valence-electron chi connectivity index (χ0n) is 17.6. The van der Waals surface area contributed by atoms with E-state index >= 15 is 0 Å². The third-order valence-corrected chi connectivity index (χ3v) is 5.45. The van der Waals surface area contributed by atoms with Crippen LogP contribution in [-0.2, 0) is 6.42 Å². The number of carbonyl (C=O) groups is 1. The van der Waals surface area contributed by atoms with Crippen molar-refractivity contribution in [1.29, 1.82) is 0 Å². The molecule has 2 aromatic heterocycles. The van der Waals surface area contributed by atoms with Crippen molar-refractivity contribution < 1.29 is 9.53 Å². The Labute approximate surface area is 184 Å². The van der Waals surface area contributed by atoms with Gasteiger partial charge in [0.15, 0.2) is 0 Å². The van der Waals surface area contributed by atoms with Crippen LogP contribution in [0.3, 0.4) is 0 Å². The molecule has 0 spiro atoms. The number of nitrogens with one attached hydrogen (secondary N) is 1. The van der Waals surface area contributed by atoms with E-state index in [1.807, 2.05) is 54.6 Å². The molecule has 31 heavy (non-hydrogen) atoms. The number of hydrogen-bond acceptors (Lipinski definition) is 6. The molecule has 0 atom stereocenters. The number of benzene rings is 2. The highest BCUT2D eigenvalue weighted by Gasteiger charge is 2.20. The van der Waals surface area contributed by atoms with E-state index in [0.29, 0.717) is 28.1 Å². The van der Waals surface area contributed by atoms with Gasteiger partial charge in [0.05, 0.1) is 18.4 Å². The van der Waals surface area contributed by atoms with Crippen molar-refractivity contribution in [2.24, 2.45) is 5.92 Å². The van der Waals surface area contributed by atoms with Crippen molar-refractivity contribution >= 4 is 22.4 Å². The molecule has 0 fully saturated rings. The number of nitrogens with zero attached hydrogens (tertiary/aromatic N) is 4. The van der Waals surface area contributed by atoms with Crippen LogP contribution in [0, 0.1) is 5.92 Å². The molecule has 0 unspecified atom stereocenters. The maximum Gasteiger partial charge on any atom is 0.261 e. The molecule has 0 saturated heterocycles. The summed E-state index contributed by atoms with van der Waals surface area (Å²) in [7, 11) is 1.61. The predicted molar refractivity (Wildman–Crippen MR) is 122 cm³/mol. The second-order valence-corrected chi connectivity index (χ2v) is 8.52. The normalized spacial score (nSPS) is 11.0. The maximum absolute atomic E-state index is 13.2. The van der Waals surface area contributed by atoms with Crippen LogP contribution in [0.25, 0.3) is 16.9 Å². The molecule has 0 radical (unpaired) electrons. The molecule has 2 aromatic carbocycles. The highest BCUT2D eigenvalue weighted by molar-refractivity contribution is 7.15. The molecule has 1 amide bonds. The monoisotopic (exact) mass is 433 g/mol. The molecular formula is C23H23N5O2S. The summed E-state index contributed by atoms with van der Waals surface area (Å²) in [6.07, 6.45) is 2.56. The molecule has 0 saturated carbocycles. The fourth-order valence-corrected chi connectivity index (χ4v) is 4.08. The van der Waals surface area contributed by atoms with Crippen LogP contribution >= 0.6 is 11.3 Å². The first-order valence-corrected chi connectivity index (χ1v) is 10.8. The van der Waals surface area contributed by atoms with Crippen molar-refractivity contribution in [3.05, 3.63) is 71.4 Å². The Morgan fingerprint density at radius 2 is 1.94 bits per heavy atom. The summed E-state index contributed by atoms with van der Waals surface area (Å²) in [6.45, 7) is 4.25. The summed E-state index contributed by atoms with van der Waals surface area (Å²) < 4.78 is 7.05. The van der Waals surface area contributed by atoms with Crippen LogP contribution in [0.2, 0.25) is 0 Å². The Morgan fingerprint density at radius 1 is 1.13 bits per heavy atom. The molecule has 4 rings (SSSR count). The Balaban J connectivity index is 1.70. The number of ether oxygens (including phenoxy) is 1. The minimum Gasteiger partial charge on any atom is -0.497 e. The lowest BCUT2D eigenvalue weighted by Gasteiger charge is -2.05. The van der Waals surface area contributed by atoms with Gasteiger partial charge in [-0.15, -0.1) is 10.2 Å². The Morgan fingerprint density at radius 3 is 2.68 bits per heavy atom. The molecule has 158 valence electrons. The van der Waals surface area contributed by atoms with Crippen molar-refractivity contribution in [2.45, 2.75) is 20.3 Å². The standard InChI is InChI=1S/C23H23N5O2S/c1-15(2)12-20-25-26-23(31-20)24-22(29)19-14-28(17-9-5-4-6-10-17)27-21(19)16-8-7-11-18(13-16)30-3/h4-11,13-15H,12H2,1-3H3,(H,24,26,29). The quantitative estimate of drug-likeness (QED) is 0.451. The van der Waals surface area contributed by atoms with E-state index in [4.69, 9.17) is 9.84 Å². The Bertz CT molecular complexity index is 1180. The average Bonchev–Trinajstić information content (AvgIpc) is 3.41. The fourth-order valence-electron chi connectivity index (χ4n) is 3.14. The number of carbonyl (C=O) groups excluding carboxylic acids is 1. The van der Waals surface area contributed by atoms with Crippen LogP contribution in [0.4, 0.5) is 5.13 Å². The van der Waals surface area contributed by atoms with E-state index < -0.39 is 0 Å². The van der Waals surface area contributed by atoms with Gasteiger partial charge in [0, 0.05) is 18.2 Å². The average molecular weight is 434 g/mol. The summed E-state index contributed by atoms with van der Waals surface area (Å²) in [5.41, 5.74) is 2.66. The molecule has 0 aliphatic heterocycles. The fraction of sp³-hybridized carbons (Fsp3) is 0.217. The van der Waals surface area contributed by atoms with E-state index in [0.717, 1.165) is 22.7 Å². The minimum absolute atomic E-state index is 0.285. The summed E-state index contributed by atoms with van der Waals surface area (Å²) in [5.74, 6) is 0.882. The second kappa shape index (κ2) is 9.09. The molecule has 1 N–H and O–H groups in total. The van der Waals surface area contributed by atoms with Gasteiger partial charge in [-0.2, -0.15) is 5.10 Å². The molecule has 0 aliphatic rings. The van der Waals surface area contributed by atoms with Gasteiger partial charge in [0.2, 0.25) is 5.13 Å². The molecule has 7 nitrogen and oxygen atoms in total. The van der Waals surface area contributed by atoms with Gasteiger partial charge in [-0.3, -0.25) is 10.1 Å². The topological polar surface area (TPSA) is 81.9 Å². The number of aromatic nitrogens is 4. The number of para-hydroxylation sites is 1. The van der Waals surface area contributed by atoms with Crippen LogP contribution < -0.4 is 10.1 Å². The molecule has 0 aliphatic carbocycles. The van der Waals surface area contributed by atoms with Crippen molar-refractivity contribution in [1.82, 2.24) is 20.0 Å². The van der Waals surface area contributed by atoms with Gasteiger partial charge >= 0.3 is 0 Å². The third-order valence-electron chi connectivity index (χ3n) is 4.59. The van der Waals surface area contributed by atoms with E-state index in [9.17, 15) is 4.79 Å². The van der Waals surface area contributed by atoms with Crippen LogP contribution in [-0.4, -0.2) is 33.0 Å². The molecule has 4 aromatic rings. The summed E-state index contributed by atoms with van der Waals surface area (Å²) in [5, 5.41) is 17.3. The number of hydrogen-bond donors (Lipinski definition) is 1. The number of methoxy groups -OCH3 is 1. The maximum atomic E-state index is 13.2. The first-order chi connectivity index (χ1) is 15.0. The molecule has 8 heteroatoms. The van der Waals surface area contributed by atoms with E-state index in [1.54, 1.807) is 18.0 Å². The minimum atomic E-state index is -0.285. The largest absolute Gasteiger partial charge is 0.497 e. The van der Waals surface area contributed by atoms with E-state index in [2.05, 4.69) is 29.4 Å². The molecule has 0 bridgehead atoms. The van der Waals surface area contributed by atoms with Gasteiger partial charge in [0.1, 0.15) is 16.5 Å². The number of amides is 1. The second-order valence-electron chi connectivity index (χ2n) is 7.46. The summed E-state index contributed by atoms with van der Waals surface area (Å²) in [4.78, 5) is 13.2. The molecular weight excluding hydrogens is 410 g/mol. The lowest BCUT2D eigenvalue weighted by molar-refractivity contribution is 0.102. The predicted octanol–water partition coefficient (Wildman–Crippen LogP) is 4.85. The van der Waals surface area contributed by atoms with Gasteiger partial charge in [0.25, 0.3) is 5.91 Å². The van der Waals surface area contributed by atoms with Crippen LogP contribution in [0.1, 0.15) is 29.2 Å². The van der Waals surface area contributed by atoms with Crippen LogP contribution in [0.5, 0.6) is 5.75 Å². The molecule has 2 heterocycles. The highest BCUT2D eigenvalue weighted by atomic mass is 32.1.